The Kier molecular flexibility index (Phi) is 1.99. The van der Waals surface area contributed by atoms with Crippen LogP contribution in [0, 0.1) is 5.92 Å². The summed E-state index contributed by atoms with van der Waals surface area (Å²) in [4.78, 5) is 5.28. The van der Waals surface area contributed by atoms with E-state index in [9.17, 15) is 0 Å². The van der Waals surface area contributed by atoms with Gasteiger partial charge in [0.1, 0.15) is 5.71 Å². The van der Waals surface area contributed by atoms with E-state index in [1.54, 1.807) is 6.08 Å². The lowest BCUT2D eigenvalue weighted by molar-refractivity contribution is 0.120. The molecule has 0 unspecified atom stereocenters. The Morgan fingerprint density at radius 1 is 1.25 bits per heavy atom. The van der Waals surface area contributed by atoms with Gasteiger partial charge in [-0.05, 0) is 6.08 Å². The number of hydrogen-bond acceptors (Lipinski definition) is 4. The molecular weight excluding hydrogens is 204 g/mol. The molecule has 3 rings (SSSR count). The molecule has 0 amide bonds. The summed E-state index contributed by atoms with van der Waals surface area (Å²) in [6.45, 7) is 0. The van der Waals surface area contributed by atoms with Crippen LogP contribution in [0.15, 0.2) is 52.8 Å². The Morgan fingerprint density at radius 2 is 2.06 bits per heavy atom. The van der Waals surface area contributed by atoms with E-state index in [1.807, 2.05) is 36.4 Å². The van der Waals surface area contributed by atoms with Gasteiger partial charge in [-0.15, -0.1) is 0 Å². The van der Waals surface area contributed by atoms with Crippen molar-refractivity contribution in [1.82, 2.24) is 0 Å². The van der Waals surface area contributed by atoms with Gasteiger partial charge >= 0.3 is 0 Å². The van der Waals surface area contributed by atoms with Crippen LogP contribution < -0.4 is 0 Å². The van der Waals surface area contributed by atoms with Crippen molar-refractivity contribution >= 4 is 11.4 Å². The smallest absolute Gasteiger partial charge is 0.184 e. The van der Waals surface area contributed by atoms with Gasteiger partial charge in [-0.3, -0.25) is 0 Å². The number of rotatable bonds is 1. The Balaban J connectivity index is 1.94. The van der Waals surface area contributed by atoms with E-state index in [2.05, 4.69) is 10.3 Å². The molecule has 0 fully saturated rings. The van der Waals surface area contributed by atoms with E-state index in [-0.39, 0.29) is 12.0 Å². The summed E-state index contributed by atoms with van der Waals surface area (Å²) in [5, 5.41) is 16.0. The number of nitrogens with zero attached hydrogens (tertiary/aromatic N) is 2. The van der Waals surface area contributed by atoms with E-state index >= 15 is 0 Å². The largest absolute Gasteiger partial charge is 0.411 e. The first kappa shape index (κ1) is 9.15. The zero-order valence-corrected chi connectivity index (χ0v) is 8.45. The van der Waals surface area contributed by atoms with Crippen LogP contribution in [0.4, 0.5) is 0 Å². The molecular formula is C12H10N2O2. The zero-order valence-electron chi connectivity index (χ0n) is 8.45. The lowest BCUT2D eigenvalue weighted by atomic mass is 9.95. The van der Waals surface area contributed by atoms with Crippen molar-refractivity contribution in [3.8, 4) is 0 Å². The number of oxime groups is 2. The van der Waals surface area contributed by atoms with E-state index in [1.165, 1.54) is 0 Å². The van der Waals surface area contributed by atoms with Crippen LogP contribution in [-0.2, 0) is 4.84 Å². The standard InChI is InChI=1S/C12H10N2O2/c15-13-10-7-6-9-11(14-16-12(9)10)8-4-2-1-3-5-8/h1-7,9,12,15H/b13-10-/t9-,12+/m1/s1. The third-order valence-corrected chi connectivity index (χ3v) is 2.86. The molecule has 4 heteroatoms. The molecule has 2 atom stereocenters. The summed E-state index contributed by atoms with van der Waals surface area (Å²) in [6.07, 6.45) is 3.46. The molecule has 1 heterocycles. The molecule has 0 radical (unpaired) electrons. The van der Waals surface area contributed by atoms with Crippen LogP contribution in [0.5, 0.6) is 0 Å². The normalized spacial score (nSPS) is 29.0. The van der Waals surface area contributed by atoms with Crippen molar-refractivity contribution in [3.05, 3.63) is 48.0 Å². The Bertz CT molecular complexity index is 491. The summed E-state index contributed by atoms with van der Waals surface area (Å²) < 4.78 is 0. The molecule has 0 saturated heterocycles. The Labute approximate surface area is 92.5 Å². The van der Waals surface area contributed by atoms with Gasteiger partial charge in [0.15, 0.2) is 6.10 Å². The second-order valence-electron chi connectivity index (χ2n) is 3.78. The van der Waals surface area contributed by atoms with Crippen LogP contribution >= 0.6 is 0 Å². The molecule has 16 heavy (non-hydrogen) atoms. The van der Waals surface area contributed by atoms with Gasteiger partial charge in [0.05, 0.1) is 11.6 Å². The summed E-state index contributed by atoms with van der Waals surface area (Å²) in [5.41, 5.74) is 2.46. The molecule has 0 aromatic heterocycles. The fraction of sp³-hybridized carbons (Fsp3) is 0.167. The lowest BCUT2D eigenvalue weighted by Crippen LogP contribution is -2.24. The third kappa shape index (κ3) is 1.23. The molecule has 80 valence electrons. The van der Waals surface area contributed by atoms with Gasteiger partial charge in [0.2, 0.25) is 0 Å². The molecule has 4 nitrogen and oxygen atoms in total. The van der Waals surface area contributed by atoms with E-state index < -0.39 is 0 Å². The minimum Gasteiger partial charge on any atom is -0.411 e. The SMILES string of the molecule is O/N=C1/C=C[C@@H]2C(c3ccccc3)=NO[C@H]12. The van der Waals surface area contributed by atoms with Crippen molar-refractivity contribution in [2.24, 2.45) is 16.2 Å². The van der Waals surface area contributed by atoms with E-state index in [4.69, 9.17) is 10.0 Å². The van der Waals surface area contributed by atoms with Crippen LogP contribution in [0.1, 0.15) is 5.56 Å². The maximum Gasteiger partial charge on any atom is 0.184 e. The fourth-order valence-electron chi connectivity index (χ4n) is 2.05. The highest BCUT2D eigenvalue weighted by Crippen LogP contribution is 2.29. The molecule has 1 N–H and O–H groups in total. The summed E-state index contributed by atoms with van der Waals surface area (Å²) in [6, 6.07) is 9.87. The topological polar surface area (TPSA) is 54.2 Å². The minimum atomic E-state index is -0.264. The van der Waals surface area contributed by atoms with Crippen LogP contribution in [0.3, 0.4) is 0 Å². The fourth-order valence-corrected chi connectivity index (χ4v) is 2.05. The van der Waals surface area contributed by atoms with Gasteiger partial charge in [-0.25, -0.2) is 0 Å². The zero-order chi connectivity index (χ0) is 11.0. The van der Waals surface area contributed by atoms with Crippen molar-refractivity contribution in [3.63, 3.8) is 0 Å². The molecule has 1 aliphatic carbocycles. The lowest BCUT2D eigenvalue weighted by Gasteiger charge is -2.08. The molecule has 1 aromatic rings. The highest BCUT2D eigenvalue weighted by molar-refractivity contribution is 6.13. The van der Waals surface area contributed by atoms with Crippen LogP contribution in [0.25, 0.3) is 0 Å². The van der Waals surface area contributed by atoms with Crippen molar-refractivity contribution < 1.29 is 10.0 Å². The first-order valence-corrected chi connectivity index (χ1v) is 5.09. The van der Waals surface area contributed by atoms with Crippen molar-refractivity contribution in [2.75, 3.05) is 0 Å². The molecule has 0 bridgehead atoms. The monoisotopic (exact) mass is 214 g/mol. The molecule has 0 saturated carbocycles. The highest BCUT2D eigenvalue weighted by atomic mass is 16.6. The Hall–Kier alpha value is -2.10. The highest BCUT2D eigenvalue weighted by Gasteiger charge is 2.39. The maximum atomic E-state index is 8.78. The number of hydrogen-bond donors (Lipinski definition) is 1. The predicted octanol–water partition coefficient (Wildman–Crippen LogP) is 1.81. The summed E-state index contributed by atoms with van der Waals surface area (Å²) in [7, 11) is 0. The number of fused-ring (bicyclic) bond motifs is 1. The van der Waals surface area contributed by atoms with Gasteiger partial charge in [-0.1, -0.05) is 46.7 Å². The summed E-state index contributed by atoms with van der Waals surface area (Å²) >= 11 is 0. The van der Waals surface area contributed by atoms with Gasteiger partial charge < -0.3 is 10.0 Å². The first-order chi connectivity index (χ1) is 7.90. The van der Waals surface area contributed by atoms with Crippen molar-refractivity contribution in [1.29, 1.82) is 0 Å². The van der Waals surface area contributed by atoms with Crippen LogP contribution in [-0.4, -0.2) is 22.7 Å². The maximum absolute atomic E-state index is 8.78. The molecule has 1 aliphatic heterocycles. The second-order valence-corrected chi connectivity index (χ2v) is 3.78. The predicted molar refractivity (Wildman–Crippen MR) is 59.7 cm³/mol. The third-order valence-electron chi connectivity index (χ3n) is 2.86. The van der Waals surface area contributed by atoms with Gasteiger partial charge in [0.25, 0.3) is 0 Å². The van der Waals surface area contributed by atoms with Gasteiger partial charge in [0, 0.05) is 5.56 Å². The molecule has 1 aromatic carbocycles. The average molecular weight is 214 g/mol. The quantitative estimate of drug-likeness (QED) is 0.572. The van der Waals surface area contributed by atoms with Crippen LogP contribution in [0.2, 0.25) is 0 Å². The van der Waals surface area contributed by atoms with Crippen molar-refractivity contribution in [2.45, 2.75) is 6.10 Å². The summed E-state index contributed by atoms with van der Waals surface area (Å²) in [5.74, 6) is 0.0632. The van der Waals surface area contributed by atoms with E-state index in [0.29, 0.717) is 5.71 Å². The molecule has 0 spiro atoms. The van der Waals surface area contributed by atoms with E-state index in [0.717, 1.165) is 11.3 Å². The first-order valence-electron chi connectivity index (χ1n) is 5.09. The Morgan fingerprint density at radius 3 is 2.81 bits per heavy atom. The van der Waals surface area contributed by atoms with Gasteiger partial charge in [-0.2, -0.15) is 0 Å². The second kappa shape index (κ2) is 3.48. The molecule has 2 aliphatic rings. The average Bonchev–Trinajstić information content (AvgIpc) is 2.90. The minimum absolute atomic E-state index is 0.0632. The number of benzene rings is 1.